The quantitative estimate of drug-likeness (QED) is 0.880. The van der Waals surface area contributed by atoms with Crippen LogP contribution in [0.4, 0.5) is 11.4 Å². The normalized spacial score (nSPS) is 10.3. The average Bonchev–Trinajstić information content (AvgIpc) is 2.40. The third-order valence-corrected chi connectivity index (χ3v) is 3.08. The molecule has 3 nitrogen and oxygen atoms in total. The van der Waals surface area contributed by atoms with E-state index in [4.69, 9.17) is 0 Å². The van der Waals surface area contributed by atoms with Gasteiger partial charge in [0, 0.05) is 37.6 Å². The number of rotatable bonds is 4. The molecule has 0 bridgehead atoms. The highest BCUT2D eigenvalue weighted by atomic mass is 16.3. The summed E-state index contributed by atoms with van der Waals surface area (Å²) in [6.45, 7) is 2.64. The van der Waals surface area contributed by atoms with Gasteiger partial charge in [-0.25, -0.2) is 0 Å². The van der Waals surface area contributed by atoms with Gasteiger partial charge in [-0.05, 0) is 31.2 Å². The molecule has 2 rings (SSSR count). The SMILES string of the molecule is Cc1ccc(O)c(CNc2cccc(N(C)C)c2)c1. The van der Waals surface area contributed by atoms with Gasteiger partial charge in [-0.1, -0.05) is 23.8 Å². The van der Waals surface area contributed by atoms with Gasteiger partial charge in [0.05, 0.1) is 0 Å². The van der Waals surface area contributed by atoms with Gasteiger partial charge in [0.2, 0.25) is 0 Å². The highest BCUT2D eigenvalue weighted by Gasteiger charge is 2.02. The molecule has 0 spiro atoms. The highest BCUT2D eigenvalue weighted by molar-refractivity contribution is 5.57. The molecule has 0 radical (unpaired) electrons. The van der Waals surface area contributed by atoms with Crippen molar-refractivity contribution in [2.24, 2.45) is 0 Å². The fraction of sp³-hybridized carbons (Fsp3) is 0.250. The summed E-state index contributed by atoms with van der Waals surface area (Å²) in [6, 6.07) is 13.8. The molecule has 0 amide bonds. The maximum atomic E-state index is 9.81. The Kier molecular flexibility index (Phi) is 3.95. The van der Waals surface area contributed by atoms with Crippen LogP contribution in [0.1, 0.15) is 11.1 Å². The number of phenolic OH excluding ortho intramolecular Hbond substituents is 1. The van der Waals surface area contributed by atoms with Crippen molar-refractivity contribution in [3.8, 4) is 5.75 Å². The number of hydrogen-bond acceptors (Lipinski definition) is 3. The lowest BCUT2D eigenvalue weighted by Crippen LogP contribution is -2.09. The molecule has 0 aliphatic rings. The number of aromatic hydroxyl groups is 1. The standard InChI is InChI=1S/C16H20N2O/c1-12-7-8-16(19)13(9-12)11-17-14-5-4-6-15(10-14)18(2)3/h4-10,17,19H,11H2,1-3H3. The zero-order chi connectivity index (χ0) is 13.8. The first-order chi connectivity index (χ1) is 9.06. The Morgan fingerprint density at radius 3 is 2.63 bits per heavy atom. The average molecular weight is 256 g/mol. The van der Waals surface area contributed by atoms with Crippen molar-refractivity contribution in [2.75, 3.05) is 24.3 Å². The summed E-state index contributed by atoms with van der Waals surface area (Å²) in [6.07, 6.45) is 0. The molecule has 2 aromatic carbocycles. The van der Waals surface area contributed by atoms with Gasteiger partial charge in [-0.2, -0.15) is 0 Å². The van der Waals surface area contributed by atoms with Crippen molar-refractivity contribution in [3.05, 3.63) is 53.6 Å². The first kappa shape index (κ1) is 13.3. The minimum Gasteiger partial charge on any atom is -0.508 e. The van der Waals surface area contributed by atoms with E-state index in [9.17, 15) is 5.11 Å². The van der Waals surface area contributed by atoms with Crippen molar-refractivity contribution in [2.45, 2.75) is 13.5 Å². The van der Waals surface area contributed by atoms with E-state index >= 15 is 0 Å². The number of nitrogens with one attached hydrogen (secondary N) is 1. The van der Waals surface area contributed by atoms with E-state index in [1.165, 1.54) is 0 Å². The van der Waals surface area contributed by atoms with Crippen LogP contribution in [0.3, 0.4) is 0 Å². The number of benzene rings is 2. The van der Waals surface area contributed by atoms with E-state index in [-0.39, 0.29) is 0 Å². The molecule has 19 heavy (non-hydrogen) atoms. The largest absolute Gasteiger partial charge is 0.508 e. The van der Waals surface area contributed by atoms with E-state index in [0.717, 1.165) is 22.5 Å². The smallest absolute Gasteiger partial charge is 0.120 e. The Morgan fingerprint density at radius 1 is 1.11 bits per heavy atom. The second-order valence-corrected chi connectivity index (χ2v) is 4.93. The summed E-state index contributed by atoms with van der Waals surface area (Å²) < 4.78 is 0. The molecule has 0 aliphatic heterocycles. The summed E-state index contributed by atoms with van der Waals surface area (Å²) in [5.74, 6) is 0.335. The van der Waals surface area contributed by atoms with Crippen LogP contribution in [-0.4, -0.2) is 19.2 Å². The van der Waals surface area contributed by atoms with E-state index in [1.54, 1.807) is 6.07 Å². The second-order valence-electron chi connectivity index (χ2n) is 4.93. The lowest BCUT2D eigenvalue weighted by molar-refractivity contribution is 0.469. The maximum Gasteiger partial charge on any atom is 0.120 e. The first-order valence-corrected chi connectivity index (χ1v) is 6.36. The van der Waals surface area contributed by atoms with Gasteiger partial charge in [0.1, 0.15) is 5.75 Å². The molecule has 0 fully saturated rings. The minimum absolute atomic E-state index is 0.335. The van der Waals surface area contributed by atoms with Crippen LogP contribution in [0.25, 0.3) is 0 Å². The van der Waals surface area contributed by atoms with Crippen LogP contribution >= 0.6 is 0 Å². The Labute approximate surface area is 114 Å². The highest BCUT2D eigenvalue weighted by Crippen LogP contribution is 2.21. The molecular weight excluding hydrogens is 236 g/mol. The van der Waals surface area contributed by atoms with Crippen LogP contribution < -0.4 is 10.2 Å². The topological polar surface area (TPSA) is 35.5 Å². The van der Waals surface area contributed by atoms with E-state index < -0.39 is 0 Å². The first-order valence-electron chi connectivity index (χ1n) is 6.36. The van der Waals surface area contributed by atoms with Crippen LogP contribution in [0.5, 0.6) is 5.75 Å². The second kappa shape index (κ2) is 5.65. The van der Waals surface area contributed by atoms with E-state index in [2.05, 4.69) is 22.3 Å². The van der Waals surface area contributed by atoms with Gasteiger partial charge < -0.3 is 15.3 Å². The molecule has 2 N–H and O–H groups in total. The van der Waals surface area contributed by atoms with Gasteiger partial charge in [-0.15, -0.1) is 0 Å². The predicted molar refractivity (Wildman–Crippen MR) is 80.9 cm³/mol. The zero-order valence-corrected chi connectivity index (χ0v) is 11.6. The molecule has 0 aliphatic carbocycles. The molecule has 0 unspecified atom stereocenters. The van der Waals surface area contributed by atoms with Crippen molar-refractivity contribution in [1.82, 2.24) is 0 Å². The van der Waals surface area contributed by atoms with Crippen molar-refractivity contribution < 1.29 is 5.11 Å². The molecule has 0 aromatic heterocycles. The Balaban J connectivity index is 2.10. The maximum absolute atomic E-state index is 9.81. The summed E-state index contributed by atoms with van der Waals surface area (Å²) >= 11 is 0. The van der Waals surface area contributed by atoms with Gasteiger partial charge in [-0.3, -0.25) is 0 Å². The summed E-state index contributed by atoms with van der Waals surface area (Å²) in [7, 11) is 4.04. The van der Waals surface area contributed by atoms with Crippen LogP contribution in [0, 0.1) is 6.92 Å². The molecule has 0 atom stereocenters. The van der Waals surface area contributed by atoms with Crippen molar-refractivity contribution in [1.29, 1.82) is 0 Å². The van der Waals surface area contributed by atoms with Gasteiger partial charge in [0.25, 0.3) is 0 Å². The third kappa shape index (κ3) is 3.41. The monoisotopic (exact) mass is 256 g/mol. The number of hydrogen-bond donors (Lipinski definition) is 2. The molecule has 2 aromatic rings. The molecule has 0 heterocycles. The van der Waals surface area contributed by atoms with Crippen LogP contribution in [0.2, 0.25) is 0 Å². The lowest BCUT2D eigenvalue weighted by atomic mass is 10.1. The molecule has 0 saturated heterocycles. The minimum atomic E-state index is 0.335. The Morgan fingerprint density at radius 2 is 1.89 bits per heavy atom. The van der Waals surface area contributed by atoms with E-state index in [0.29, 0.717) is 12.3 Å². The molecular formula is C16H20N2O. The number of phenols is 1. The fourth-order valence-electron chi connectivity index (χ4n) is 1.95. The summed E-state index contributed by atoms with van der Waals surface area (Å²) in [4.78, 5) is 2.06. The van der Waals surface area contributed by atoms with Gasteiger partial charge in [0.15, 0.2) is 0 Å². The predicted octanol–water partition coefficient (Wildman–Crippen LogP) is 3.38. The molecule has 3 heteroatoms. The third-order valence-electron chi connectivity index (χ3n) is 3.08. The Bertz CT molecular complexity index is 564. The van der Waals surface area contributed by atoms with Crippen LogP contribution in [0.15, 0.2) is 42.5 Å². The van der Waals surface area contributed by atoms with E-state index in [1.807, 2.05) is 45.3 Å². The summed E-state index contributed by atoms with van der Waals surface area (Å²) in [5.41, 5.74) is 4.26. The molecule has 100 valence electrons. The van der Waals surface area contributed by atoms with Crippen molar-refractivity contribution >= 4 is 11.4 Å². The van der Waals surface area contributed by atoms with Crippen molar-refractivity contribution in [3.63, 3.8) is 0 Å². The van der Waals surface area contributed by atoms with Crippen LogP contribution in [-0.2, 0) is 6.54 Å². The number of anilines is 2. The number of nitrogens with zero attached hydrogens (tertiary/aromatic N) is 1. The zero-order valence-electron chi connectivity index (χ0n) is 11.6. The van der Waals surface area contributed by atoms with Gasteiger partial charge >= 0.3 is 0 Å². The fourth-order valence-corrected chi connectivity index (χ4v) is 1.95. The molecule has 0 saturated carbocycles. The number of aryl methyl sites for hydroxylation is 1. The lowest BCUT2D eigenvalue weighted by Gasteiger charge is -2.15. The Hall–Kier alpha value is -2.16. The summed E-state index contributed by atoms with van der Waals surface area (Å²) in [5, 5.41) is 13.1.